The van der Waals surface area contributed by atoms with Gasteiger partial charge < -0.3 is 4.90 Å². The number of hydrogen-bond acceptors (Lipinski definition) is 2. The second-order valence-corrected chi connectivity index (χ2v) is 14.0. The summed E-state index contributed by atoms with van der Waals surface area (Å²) in [6.07, 6.45) is 0. The number of nitrogens with zero attached hydrogens (tertiary/aromatic N) is 2. The van der Waals surface area contributed by atoms with E-state index in [1.807, 2.05) is 0 Å². The second kappa shape index (κ2) is 10.9. The van der Waals surface area contributed by atoms with E-state index in [9.17, 15) is 0 Å². The molecule has 0 aliphatic heterocycles. The van der Waals surface area contributed by atoms with Crippen molar-refractivity contribution < 1.29 is 0 Å². The van der Waals surface area contributed by atoms with E-state index in [4.69, 9.17) is 4.98 Å². The highest BCUT2D eigenvalue weighted by atomic mass is 15.1. The molecule has 2 nitrogen and oxygen atoms in total. The molecule has 0 fully saturated rings. The summed E-state index contributed by atoms with van der Waals surface area (Å²) in [6, 6.07) is 61.7. The number of benzene rings is 7. The van der Waals surface area contributed by atoms with Gasteiger partial charge in [-0.15, -0.1) is 0 Å². The van der Waals surface area contributed by atoms with Gasteiger partial charge in [-0.05, 0) is 92.5 Å². The van der Waals surface area contributed by atoms with E-state index < -0.39 is 0 Å². The first-order valence-corrected chi connectivity index (χ1v) is 17.4. The maximum atomic E-state index is 5.19. The predicted molar refractivity (Wildman–Crippen MR) is 209 cm³/mol. The Morgan fingerprint density at radius 1 is 0.440 bits per heavy atom. The zero-order valence-corrected chi connectivity index (χ0v) is 28.1. The van der Waals surface area contributed by atoms with Crippen LogP contribution in [0.5, 0.6) is 0 Å². The van der Waals surface area contributed by atoms with Gasteiger partial charge >= 0.3 is 0 Å². The minimum Gasteiger partial charge on any atom is -0.310 e. The number of rotatable bonds is 5. The zero-order valence-electron chi connectivity index (χ0n) is 28.1. The average Bonchev–Trinajstić information content (AvgIpc) is 3.62. The third-order valence-corrected chi connectivity index (χ3v) is 10.8. The molecule has 0 radical (unpaired) electrons. The molecule has 2 aliphatic rings. The van der Waals surface area contributed by atoms with E-state index in [2.05, 4.69) is 189 Å². The van der Waals surface area contributed by atoms with Gasteiger partial charge in [0.25, 0.3) is 0 Å². The lowest BCUT2D eigenvalue weighted by Crippen LogP contribution is -2.16. The standard InChI is InChI=1S/C48H34N2/c1-48(2)41-18-9-8-16-39(41)47-42(48)19-11-21-45(47)50(34-26-22-32(23-27-34)31-12-4-3-5-13-31)35-28-24-33(25-29-35)44-30-40-37-15-7-6-14-36(37)38-17-10-20-43(49-44)46(38)40/h3-30H,1-2H3. The molecule has 0 bridgehead atoms. The smallest absolute Gasteiger partial charge is 0.0722 e. The molecule has 236 valence electrons. The van der Waals surface area contributed by atoms with Crippen molar-refractivity contribution in [3.8, 4) is 55.8 Å². The Balaban J connectivity index is 1.12. The summed E-state index contributed by atoms with van der Waals surface area (Å²) in [7, 11) is 0. The molecule has 0 saturated heterocycles. The first kappa shape index (κ1) is 28.7. The molecule has 2 aliphatic carbocycles. The minimum atomic E-state index is -0.0870. The average molecular weight is 639 g/mol. The maximum absolute atomic E-state index is 5.19. The highest BCUT2D eigenvalue weighted by Crippen LogP contribution is 2.54. The molecule has 0 spiro atoms. The summed E-state index contributed by atoms with van der Waals surface area (Å²) in [5.41, 5.74) is 19.3. The fourth-order valence-electron chi connectivity index (χ4n) is 8.39. The van der Waals surface area contributed by atoms with Crippen LogP contribution in [0.2, 0.25) is 0 Å². The van der Waals surface area contributed by atoms with Gasteiger partial charge in [0, 0.05) is 33.3 Å². The second-order valence-electron chi connectivity index (χ2n) is 14.0. The van der Waals surface area contributed by atoms with Gasteiger partial charge in [-0.2, -0.15) is 0 Å². The van der Waals surface area contributed by atoms with Crippen molar-refractivity contribution in [2.24, 2.45) is 0 Å². The zero-order chi connectivity index (χ0) is 33.4. The molecule has 7 aromatic carbocycles. The number of hydrogen-bond donors (Lipinski definition) is 0. The Morgan fingerprint density at radius 3 is 1.74 bits per heavy atom. The molecular weight excluding hydrogens is 605 g/mol. The molecule has 50 heavy (non-hydrogen) atoms. The molecule has 1 heterocycles. The normalized spacial score (nSPS) is 13.2. The van der Waals surface area contributed by atoms with E-state index in [1.54, 1.807) is 0 Å². The molecule has 10 rings (SSSR count). The monoisotopic (exact) mass is 638 g/mol. The fraction of sp³-hybridized carbons (Fsp3) is 0.0625. The first-order valence-electron chi connectivity index (χ1n) is 17.4. The van der Waals surface area contributed by atoms with Crippen LogP contribution in [0.4, 0.5) is 17.1 Å². The third kappa shape index (κ3) is 4.25. The van der Waals surface area contributed by atoms with Crippen molar-refractivity contribution in [1.82, 2.24) is 4.98 Å². The van der Waals surface area contributed by atoms with Gasteiger partial charge in [0.05, 0.1) is 16.9 Å². The molecule has 8 aromatic rings. The Hall–Kier alpha value is -6.25. The van der Waals surface area contributed by atoms with Gasteiger partial charge in [-0.25, -0.2) is 4.98 Å². The lowest BCUT2D eigenvalue weighted by Gasteiger charge is -2.29. The molecule has 2 heteroatoms. The highest BCUT2D eigenvalue weighted by Gasteiger charge is 2.37. The van der Waals surface area contributed by atoms with Crippen LogP contribution in [-0.4, -0.2) is 4.98 Å². The summed E-state index contributed by atoms with van der Waals surface area (Å²) < 4.78 is 0. The van der Waals surface area contributed by atoms with Crippen LogP contribution < -0.4 is 4.90 Å². The van der Waals surface area contributed by atoms with Crippen molar-refractivity contribution in [2.75, 3.05) is 4.90 Å². The van der Waals surface area contributed by atoms with E-state index in [1.165, 1.54) is 66.7 Å². The third-order valence-electron chi connectivity index (χ3n) is 10.8. The predicted octanol–water partition coefficient (Wildman–Crippen LogP) is 13.0. The van der Waals surface area contributed by atoms with Gasteiger partial charge in [0.15, 0.2) is 0 Å². The lowest BCUT2D eigenvalue weighted by atomic mass is 9.82. The van der Waals surface area contributed by atoms with Gasteiger partial charge in [-0.1, -0.05) is 141 Å². The first-order chi connectivity index (χ1) is 24.6. The molecule has 1 aromatic heterocycles. The van der Waals surface area contributed by atoms with Crippen molar-refractivity contribution in [1.29, 1.82) is 0 Å². The van der Waals surface area contributed by atoms with Gasteiger partial charge in [-0.3, -0.25) is 0 Å². The molecule has 0 atom stereocenters. The number of pyridine rings is 1. The van der Waals surface area contributed by atoms with Crippen LogP contribution in [0, 0.1) is 0 Å². The van der Waals surface area contributed by atoms with Crippen molar-refractivity contribution in [2.45, 2.75) is 19.3 Å². The van der Waals surface area contributed by atoms with E-state index in [-0.39, 0.29) is 5.41 Å². The highest BCUT2D eigenvalue weighted by molar-refractivity contribution is 6.15. The Morgan fingerprint density at radius 2 is 1.00 bits per heavy atom. The Labute approximate surface area is 293 Å². The number of fused-ring (bicyclic) bond motifs is 6. The molecule has 0 amide bonds. The molecule has 0 N–H and O–H groups in total. The lowest BCUT2D eigenvalue weighted by molar-refractivity contribution is 0.660. The fourth-order valence-corrected chi connectivity index (χ4v) is 8.39. The van der Waals surface area contributed by atoms with Crippen LogP contribution in [0.3, 0.4) is 0 Å². The van der Waals surface area contributed by atoms with Crippen molar-refractivity contribution in [3.05, 3.63) is 181 Å². The van der Waals surface area contributed by atoms with Crippen molar-refractivity contribution >= 4 is 28.0 Å². The van der Waals surface area contributed by atoms with E-state index >= 15 is 0 Å². The SMILES string of the molecule is CC1(C)c2ccccc2-c2c(N(c3ccc(-c4ccccc4)cc3)c3ccc(-c4cc5c6c(cccc6n4)-c4ccccc4-5)cc3)cccc21. The number of anilines is 3. The minimum absolute atomic E-state index is 0.0870. The van der Waals surface area contributed by atoms with Crippen LogP contribution in [0.15, 0.2) is 170 Å². The molecule has 0 unspecified atom stereocenters. The van der Waals surface area contributed by atoms with E-state index in [0.717, 1.165) is 28.1 Å². The molecule has 0 saturated carbocycles. The largest absolute Gasteiger partial charge is 0.310 e. The summed E-state index contributed by atoms with van der Waals surface area (Å²) in [5, 5.41) is 1.25. The van der Waals surface area contributed by atoms with Crippen LogP contribution >= 0.6 is 0 Å². The quantitative estimate of drug-likeness (QED) is 0.186. The number of aromatic nitrogens is 1. The summed E-state index contributed by atoms with van der Waals surface area (Å²) in [4.78, 5) is 7.62. The van der Waals surface area contributed by atoms with Crippen molar-refractivity contribution in [3.63, 3.8) is 0 Å². The summed E-state index contributed by atoms with van der Waals surface area (Å²) in [6.45, 7) is 4.69. The topological polar surface area (TPSA) is 16.1 Å². The Kier molecular flexibility index (Phi) is 6.25. The molecular formula is C48H34N2. The summed E-state index contributed by atoms with van der Waals surface area (Å²) in [5.74, 6) is 0. The van der Waals surface area contributed by atoms with Crippen LogP contribution in [-0.2, 0) is 5.41 Å². The van der Waals surface area contributed by atoms with Crippen LogP contribution in [0.1, 0.15) is 25.0 Å². The van der Waals surface area contributed by atoms with Crippen LogP contribution in [0.25, 0.3) is 66.7 Å². The van der Waals surface area contributed by atoms with Gasteiger partial charge in [0.1, 0.15) is 0 Å². The summed E-state index contributed by atoms with van der Waals surface area (Å²) >= 11 is 0. The van der Waals surface area contributed by atoms with Gasteiger partial charge in [0.2, 0.25) is 0 Å². The maximum Gasteiger partial charge on any atom is 0.0722 e. The van der Waals surface area contributed by atoms with E-state index in [0.29, 0.717) is 0 Å². The Bertz CT molecular complexity index is 2600.